The highest BCUT2D eigenvalue weighted by Crippen LogP contribution is 2.48. The normalized spacial score (nSPS) is 32.9. The van der Waals surface area contributed by atoms with Crippen molar-refractivity contribution in [3.8, 4) is 0 Å². The molecule has 124 valence electrons. The highest BCUT2D eigenvalue weighted by atomic mass is 79.9. The second-order valence-electron chi connectivity index (χ2n) is 5.62. The Morgan fingerprint density at radius 1 is 1.48 bits per heavy atom. The third-order valence-corrected chi connectivity index (χ3v) is 4.89. The summed E-state index contributed by atoms with van der Waals surface area (Å²) in [5.41, 5.74) is 6.32. The Morgan fingerprint density at radius 2 is 2.30 bits per heavy atom. The van der Waals surface area contributed by atoms with E-state index in [1.807, 2.05) is 0 Å². The lowest BCUT2D eigenvalue weighted by molar-refractivity contribution is -0.190. The molecule has 2 aromatic rings. The second kappa shape index (κ2) is 5.35. The van der Waals surface area contributed by atoms with Crippen molar-refractivity contribution in [2.24, 2.45) is 0 Å². The zero-order valence-electron chi connectivity index (χ0n) is 12.6. The van der Waals surface area contributed by atoms with E-state index in [-0.39, 0.29) is 12.2 Å². The summed E-state index contributed by atoms with van der Waals surface area (Å²) in [6, 6.07) is 0. The molecule has 0 radical (unpaired) electrons. The van der Waals surface area contributed by atoms with Gasteiger partial charge >= 0.3 is 0 Å². The zero-order chi connectivity index (χ0) is 16.2. The van der Waals surface area contributed by atoms with Crippen LogP contribution in [-0.2, 0) is 18.9 Å². The minimum absolute atomic E-state index is 0.240. The van der Waals surface area contributed by atoms with Crippen molar-refractivity contribution >= 4 is 32.9 Å². The molecule has 2 aromatic heterocycles. The third-order valence-electron chi connectivity index (χ3n) is 4.33. The summed E-state index contributed by atoms with van der Waals surface area (Å²) in [6.45, 7) is 0.793. The van der Waals surface area contributed by atoms with Gasteiger partial charge in [0.1, 0.15) is 24.1 Å². The van der Waals surface area contributed by atoms with Crippen molar-refractivity contribution in [3.05, 3.63) is 11.1 Å². The van der Waals surface area contributed by atoms with E-state index in [2.05, 4.69) is 30.9 Å². The van der Waals surface area contributed by atoms with Gasteiger partial charge < -0.3 is 24.7 Å². The Kier molecular flexibility index (Phi) is 3.54. The smallest absolute Gasteiger partial charge is 0.181 e. The average molecular weight is 386 g/mol. The number of hydrogen-bond acceptors (Lipinski definition) is 8. The third kappa shape index (κ3) is 2.02. The highest BCUT2D eigenvalue weighted by Gasteiger charge is 2.63. The van der Waals surface area contributed by atoms with Crippen LogP contribution >= 0.6 is 15.9 Å². The van der Waals surface area contributed by atoms with Crippen molar-refractivity contribution in [2.45, 2.75) is 24.0 Å². The fraction of sp³-hybridized carbons (Fsp3) is 0.615. The number of halogens is 1. The number of nitrogens with zero attached hydrogens (tertiary/aromatic N) is 4. The molecule has 4 rings (SSSR count). The van der Waals surface area contributed by atoms with Crippen LogP contribution in [0.1, 0.15) is 6.23 Å². The Hall–Kier alpha value is -1.33. The Balaban J connectivity index is 1.81. The minimum atomic E-state index is -0.645. The fourth-order valence-corrected chi connectivity index (χ4v) is 3.97. The molecule has 9 nitrogen and oxygen atoms in total. The van der Waals surface area contributed by atoms with E-state index in [9.17, 15) is 0 Å². The Morgan fingerprint density at radius 3 is 3.04 bits per heavy atom. The first-order valence-electron chi connectivity index (χ1n) is 7.06. The summed E-state index contributed by atoms with van der Waals surface area (Å²) in [5.74, 6) is 0.313. The fourth-order valence-electron chi connectivity index (χ4n) is 3.42. The first-order chi connectivity index (χ1) is 11.1. The van der Waals surface area contributed by atoms with E-state index in [0.717, 1.165) is 0 Å². The number of ether oxygens (including phenoxy) is 4. The quantitative estimate of drug-likeness (QED) is 0.758. The van der Waals surface area contributed by atoms with Gasteiger partial charge in [-0.1, -0.05) is 0 Å². The van der Waals surface area contributed by atoms with Crippen LogP contribution in [0.4, 0.5) is 5.82 Å². The topological polar surface area (TPSA) is 107 Å². The average Bonchev–Trinajstić information content (AvgIpc) is 3.14. The van der Waals surface area contributed by atoms with E-state index in [1.165, 1.54) is 6.33 Å². The number of nitrogen functional groups attached to an aromatic ring is 1. The van der Waals surface area contributed by atoms with Crippen molar-refractivity contribution < 1.29 is 18.9 Å². The molecular weight excluding hydrogens is 370 g/mol. The Labute approximate surface area is 140 Å². The van der Waals surface area contributed by atoms with Gasteiger partial charge in [0, 0.05) is 14.2 Å². The van der Waals surface area contributed by atoms with Crippen LogP contribution in [0.3, 0.4) is 0 Å². The summed E-state index contributed by atoms with van der Waals surface area (Å²) in [7, 11) is 3.27. The maximum Gasteiger partial charge on any atom is 0.181 e. The standard InChI is InChI=1S/C13H16BrN5O4/c1-20-3-13-4-22-7(8(13)21-2)11(23-13)19-10-6(18-12(19)14)9(15)16-5-17-10/h5,7-8,11H,3-4H2,1-2H3,(H2,15,16,17)/t7?,8?,11-,13-/m1/s1. The number of fused-ring (bicyclic) bond motifs is 3. The molecule has 23 heavy (non-hydrogen) atoms. The summed E-state index contributed by atoms with van der Waals surface area (Å²) in [6.07, 6.45) is 0.420. The molecule has 0 spiro atoms. The molecule has 2 saturated heterocycles. The van der Waals surface area contributed by atoms with E-state index in [0.29, 0.717) is 34.9 Å². The summed E-state index contributed by atoms with van der Waals surface area (Å²) < 4.78 is 25.5. The van der Waals surface area contributed by atoms with Crippen LogP contribution in [0.2, 0.25) is 0 Å². The second-order valence-corrected chi connectivity index (χ2v) is 6.33. The predicted molar refractivity (Wildman–Crippen MR) is 82.7 cm³/mol. The van der Waals surface area contributed by atoms with Gasteiger partial charge in [0.2, 0.25) is 0 Å². The van der Waals surface area contributed by atoms with Gasteiger partial charge in [0.15, 0.2) is 27.9 Å². The maximum absolute atomic E-state index is 6.28. The van der Waals surface area contributed by atoms with Crippen LogP contribution in [0.15, 0.2) is 11.1 Å². The molecule has 2 N–H and O–H groups in total. The van der Waals surface area contributed by atoms with Gasteiger partial charge in [-0.25, -0.2) is 15.0 Å². The zero-order valence-corrected chi connectivity index (χ0v) is 14.2. The molecule has 4 heterocycles. The van der Waals surface area contributed by atoms with Crippen molar-refractivity contribution in [3.63, 3.8) is 0 Å². The van der Waals surface area contributed by atoms with E-state index >= 15 is 0 Å². The number of anilines is 1. The number of nitrogens with two attached hydrogens (primary N) is 1. The maximum atomic E-state index is 6.28. The molecule has 2 aliphatic heterocycles. The van der Waals surface area contributed by atoms with Gasteiger partial charge in [-0.2, -0.15) is 0 Å². The molecule has 0 saturated carbocycles. The predicted octanol–water partition coefficient (Wildman–Crippen LogP) is 0.499. The number of imidazole rings is 1. The van der Waals surface area contributed by atoms with Gasteiger partial charge in [-0.3, -0.25) is 4.57 Å². The first-order valence-corrected chi connectivity index (χ1v) is 7.85. The molecule has 2 unspecified atom stereocenters. The van der Waals surface area contributed by atoms with Crippen molar-refractivity contribution in [2.75, 3.05) is 33.2 Å². The number of methoxy groups -OCH3 is 2. The molecule has 0 aliphatic carbocycles. The van der Waals surface area contributed by atoms with E-state index in [4.69, 9.17) is 24.7 Å². The largest absolute Gasteiger partial charge is 0.382 e. The monoisotopic (exact) mass is 385 g/mol. The van der Waals surface area contributed by atoms with Crippen LogP contribution in [0, 0.1) is 0 Å². The lowest BCUT2D eigenvalue weighted by Crippen LogP contribution is -2.45. The molecule has 0 aromatic carbocycles. The van der Waals surface area contributed by atoms with Gasteiger partial charge in [0.05, 0.1) is 13.2 Å². The lowest BCUT2D eigenvalue weighted by atomic mass is 10.0. The first kappa shape index (κ1) is 15.2. The van der Waals surface area contributed by atoms with Crippen LogP contribution in [0.5, 0.6) is 0 Å². The van der Waals surface area contributed by atoms with Crippen molar-refractivity contribution in [1.29, 1.82) is 0 Å². The van der Waals surface area contributed by atoms with Crippen LogP contribution < -0.4 is 5.73 Å². The van der Waals surface area contributed by atoms with Crippen LogP contribution in [-0.4, -0.2) is 64.8 Å². The summed E-state index contributed by atoms with van der Waals surface area (Å²) >= 11 is 3.44. The summed E-state index contributed by atoms with van der Waals surface area (Å²) in [4.78, 5) is 12.6. The number of aromatic nitrogens is 4. The van der Waals surface area contributed by atoms with Gasteiger partial charge in [0.25, 0.3) is 0 Å². The molecular formula is C13H16BrN5O4. The molecule has 2 bridgehead atoms. The molecule has 4 atom stereocenters. The molecule has 0 amide bonds. The number of rotatable bonds is 4. The van der Waals surface area contributed by atoms with E-state index < -0.39 is 11.8 Å². The van der Waals surface area contributed by atoms with Crippen LogP contribution in [0.25, 0.3) is 11.2 Å². The minimum Gasteiger partial charge on any atom is -0.382 e. The van der Waals surface area contributed by atoms with E-state index in [1.54, 1.807) is 18.8 Å². The molecule has 2 aliphatic rings. The lowest BCUT2D eigenvalue weighted by Gasteiger charge is -2.31. The number of hydrogen-bond donors (Lipinski definition) is 1. The SMILES string of the molecule is COC[C@@]12COC(C1OC)[C@H](n1c(Br)nc3c(N)ncnc31)O2. The Bertz CT molecular complexity index is 755. The van der Waals surface area contributed by atoms with Crippen molar-refractivity contribution in [1.82, 2.24) is 19.5 Å². The molecule has 2 fully saturated rings. The molecule has 10 heteroatoms. The highest BCUT2D eigenvalue weighted by molar-refractivity contribution is 9.10. The van der Waals surface area contributed by atoms with Gasteiger partial charge in [-0.15, -0.1) is 0 Å². The summed E-state index contributed by atoms with van der Waals surface area (Å²) in [5, 5.41) is 0. The van der Waals surface area contributed by atoms with Gasteiger partial charge in [-0.05, 0) is 15.9 Å².